The number of para-hydroxylation sites is 2. The van der Waals surface area contributed by atoms with E-state index in [-0.39, 0.29) is 5.41 Å². The van der Waals surface area contributed by atoms with E-state index in [1.54, 1.807) is 0 Å². The summed E-state index contributed by atoms with van der Waals surface area (Å²) in [5.41, 5.74) is 25.1. The number of nitrogens with zero attached hydrogens (tertiary/aromatic N) is 1. The van der Waals surface area contributed by atoms with Gasteiger partial charge in [0.25, 0.3) is 0 Å². The highest BCUT2D eigenvalue weighted by Gasteiger charge is 2.50. The highest BCUT2D eigenvalue weighted by Crippen LogP contribution is 2.62. The molecule has 10 aromatic carbocycles. The van der Waals surface area contributed by atoms with Gasteiger partial charge in [0.2, 0.25) is 0 Å². The van der Waals surface area contributed by atoms with Gasteiger partial charge in [-0.15, -0.1) is 0 Å². The zero-order chi connectivity index (χ0) is 43.7. The van der Waals surface area contributed by atoms with E-state index in [1.807, 2.05) is 0 Å². The lowest BCUT2D eigenvalue weighted by Crippen LogP contribution is -2.29. The van der Waals surface area contributed by atoms with Crippen molar-refractivity contribution in [1.82, 2.24) is 0 Å². The molecule has 0 unspecified atom stereocenters. The van der Waals surface area contributed by atoms with Gasteiger partial charge in [0.05, 0.1) is 5.41 Å². The first-order chi connectivity index (χ1) is 32.5. The maximum absolute atomic E-state index is 6.68. The highest BCUT2D eigenvalue weighted by molar-refractivity contribution is 5.99. The zero-order valence-corrected chi connectivity index (χ0v) is 36.7. The number of hydrogen-bond acceptors (Lipinski definition) is 2. The minimum atomic E-state index is -0.602. The summed E-state index contributed by atoms with van der Waals surface area (Å²) in [6.07, 6.45) is 0. The van der Waals surface area contributed by atoms with Gasteiger partial charge < -0.3 is 9.64 Å². The Morgan fingerprint density at radius 3 is 1.15 bits per heavy atom. The van der Waals surface area contributed by atoms with Crippen LogP contribution in [0.15, 0.2) is 224 Å². The summed E-state index contributed by atoms with van der Waals surface area (Å²) in [5, 5.41) is 0. The van der Waals surface area contributed by atoms with E-state index < -0.39 is 5.41 Å². The van der Waals surface area contributed by atoms with Gasteiger partial charge in [-0.3, -0.25) is 0 Å². The second-order valence-electron chi connectivity index (χ2n) is 18.7. The number of rotatable bonds is 3. The van der Waals surface area contributed by atoms with Crippen LogP contribution in [0.25, 0.3) is 66.8 Å². The van der Waals surface area contributed by atoms with E-state index in [4.69, 9.17) is 4.74 Å². The van der Waals surface area contributed by atoms with Crippen molar-refractivity contribution in [3.63, 3.8) is 0 Å². The quantitative estimate of drug-likeness (QED) is 0.176. The van der Waals surface area contributed by atoms with Gasteiger partial charge in [-0.25, -0.2) is 0 Å². The molecule has 0 fully saturated rings. The summed E-state index contributed by atoms with van der Waals surface area (Å²) in [6.45, 7) is 4.75. The van der Waals surface area contributed by atoms with Crippen LogP contribution in [0.5, 0.6) is 11.5 Å². The number of anilines is 3. The van der Waals surface area contributed by atoms with Crippen LogP contribution in [0.4, 0.5) is 17.1 Å². The molecule has 1 spiro atoms. The van der Waals surface area contributed by atoms with Crippen molar-refractivity contribution >= 4 is 17.1 Å². The monoisotopic (exact) mass is 841 g/mol. The second kappa shape index (κ2) is 13.7. The van der Waals surface area contributed by atoms with Crippen molar-refractivity contribution < 1.29 is 4.74 Å². The Kier molecular flexibility index (Phi) is 7.70. The zero-order valence-electron chi connectivity index (χ0n) is 36.7. The van der Waals surface area contributed by atoms with Crippen LogP contribution >= 0.6 is 0 Å². The predicted octanol–water partition coefficient (Wildman–Crippen LogP) is 16.9. The van der Waals surface area contributed by atoms with Crippen LogP contribution in [0, 0.1) is 0 Å². The van der Waals surface area contributed by atoms with Gasteiger partial charge >= 0.3 is 0 Å². The maximum atomic E-state index is 6.68. The molecule has 1 heterocycles. The van der Waals surface area contributed by atoms with Crippen LogP contribution in [0.2, 0.25) is 0 Å². The van der Waals surface area contributed by atoms with Crippen LogP contribution < -0.4 is 9.64 Å². The minimum Gasteiger partial charge on any atom is -0.456 e. The minimum absolute atomic E-state index is 0.173. The molecule has 1 aliphatic heterocycles. The van der Waals surface area contributed by atoms with E-state index in [9.17, 15) is 0 Å². The second-order valence-corrected chi connectivity index (χ2v) is 18.7. The Morgan fingerprint density at radius 2 is 0.606 bits per heavy atom. The largest absolute Gasteiger partial charge is 0.456 e. The molecule has 66 heavy (non-hydrogen) atoms. The van der Waals surface area contributed by atoms with E-state index >= 15 is 0 Å². The first kappa shape index (κ1) is 37.2. The molecule has 0 bridgehead atoms. The molecule has 10 aromatic rings. The van der Waals surface area contributed by atoms with Gasteiger partial charge in [0.15, 0.2) is 0 Å². The molecule has 0 radical (unpaired) electrons. The first-order valence-corrected chi connectivity index (χ1v) is 23.1. The molecule has 0 atom stereocenters. The van der Waals surface area contributed by atoms with Crippen LogP contribution in [-0.4, -0.2) is 0 Å². The summed E-state index contributed by atoms with van der Waals surface area (Å²) in [4.78, 5) is 2.50. The van der Waals surface area contributed by atoms with Crippen molar-refractivity contribution in [3.8, 4) is 78.3 Å². The highest BCUT2D eigenvalue weighted by atomic mass is 16.5. The molecular formula is C64H43NO. The molecule has 310 valence electrons. The van der Waals surface area contributed by atoms with Crippen molar-refractivity contribution in [3.05, 3.63) is 258 Å². The lowest BCUT2D eigenvalue weighted by molar-refractivity contribution is 0.488. The molecular weight excluding hydrogens is 799 g/mol. The summed E-state index contributed by atoms with van der Waals surface area (Å²) in [6, 6.07) is 83.6. The van der Waals surface area contributed by atoms with Gasteiger partial charge in [-0.05, 0) is 138 Å². The summed E-state index contributed by atoms with van der Waals surface area (Å²) >= 11 is 0. The molecule has 0 saturated heterocycles. The lowest BCUT2D eigenvalue weighted by atomic mass is 9.66. The van der Waals surface area contributed by atoms with Crippen LogP contribution in [0.3, 0.4) is 0 Å². The van der Waals surface area contributed by atoms with Crippen molar-refractivity contribution in [2.75, 3.05) is 4.90 Å². The van der Waals surface area contributed by atoms with E-state index in [0.29, 0.717) is 0 Å². The first-order valence-electron chi connectivity index (χ1n) is 23.1. The van der Waals surface area contributed by atoms with Crippen LogP contribution in [0.1, 0.15) is 47.2 Å². The average Bonchev–Trinajstić information content (AvgIpc) is 3.67. The Labute approximate surface area is 385 Å². The predicted molar refractivity (Wildman–Crippen MR) is 271 cm³/mol. The van der Waals surface area contributed by atoms with Gasteiger partial charge in [0, 0.05) is 33.6 Å². The van der Waals surface area contributed by atoms with Crippen molar-refractivity contribution in [2.45, 2.75) is 24.7 Å². The Bertz CT molecular complexity index is 3620. The number of ether oxygens (including phenoxy) is 1. The average molecular weight is 842 g/mol. The third-order valence-corrected chi connectivity index (χ3v) is 15.1. The third-order valence-electron chi connectivity index (χ3n) is 15.1. The lowest BCUT2D eigenvalue weighted by Gasteiger charge is -2.36. The summed E-state index contributed by atoms with van der Waals surface area (Å²) in [5.74, 6) is 1.72. The SMILES string of the molecule is CC1(C)c2ccccc2-c2ccc(N(c3ccc4c(c3)-c3ccccc3Oc3ccccc3-4)c3ccc4c(c3)C3(c5ccccc5-c5ccccc5-c5ccccc53)c3ccccc3-4)cc21. The van der Waals surface area contributed by atoms with Gasteiger partial charge in [-0.1, -0.05) is 190 Å². The van der Waals surface area contributed by atoms with Gasteiger partial charge in [0.1, 0.15) is 11.5 Å². The third kappa shape index (κ3) is 4.96. The maximum Gasteiger partial charge on any atom is 0.135 e. The molecule has 0 aromatic heterocycles. The van der Waals surface area contributed by atoms with E-state index in [2.05, 4.69) is 243 Å². The molecule has 0 saturated carbocycles. The molecule has 14 rings (SSSR count). The van der Waals surface area contributed by atoms with E-state index in [1.165, 1.54) is 77.9 Å². The molecule has 4 aliphatic rings. The smallest absolute Gasteiger partial charge is 0.135 e. The Hall–Kier alpha value is -8.20. The summed E-state index contributed by atoms with van der Waals surface area (Å²) < 4.78 is 6.68. The van der Waals surface area contributed by atoms with Crippen molar-refractivity contribution in [1.29, 1.82) is 0 Å². The normalized spacial score (nSPS) is 14.3. The standard InChI is InChI=1S/C64H43NO/c1-63(2)55-25-11-5-21-48(55)50-35-32-41(38-59(50)63)65(40-31-34-45-52-23-9-15-29-61(52)66-62-30-16-10-24-53(62)54(45)37-40)42-33-36-51-49-22-8-14-28-58(49)64(60(51)39-42)56-26-12-6-19-46(56)43-17-3-4-18-44(43)47-20-7-13-27-57(47)64/h3-39H,1-2H3. The molecule has 2 heteroatoms. The van der Waals surface area contributed by atoms with Crippen LogP contribution in [-0.2, 0) is 10.8 Å². The number of fused-ring (bicyclic) bond motifs is 20. The fourth-order valence-corrected chi connectivity index (χ4v) is 12.3. The Balaban J connectivity index is 1.06. The van der Waals surface area contributed by atoms with Crippen molar-refractivity contribution in [2.24, 2.45) is 0 Å². The number of hydrogen-bond donors (Lipinski definition) is 0. The van der Waals surface area contributed by atoms with E-state index in [0.717, 1.165) is 50.8 Å². The topological polar surface area (TPSA) is 12.5 Å². The van der Waals surface area contributed by atoms with Gasteiger partial charge in [-0.2, -0.15) is 0 Å². The fourth-order valence-electron chi connectivity index (χ4n) is 12.3. The molecule has 3 aliphatic carbocycles. The molecule has 2 nitrogen and oxygen atoms in total. The fraction of sp³-hybridized carbons (Fsp3) is 0.0625. The summed E-state index contributed by atoms with van der Waals surface area (Å²) in [7, 11) is 0. The molecule has 0 N–H and O–H groups in total. The Morgan fingerprint density at radius 1 is 0.273 bits per heavy atom. The molecule has 0 amide bonds. The number of benzene rings is 10.